The van der Waals surface area contributed by atoms with Gasteiger partial charge in [0, 0.05) is 0 Å². The molecule has 0 amide bonds. The van der Waals surface area contributed by atoms with Crippen molar-refractivity contribution in [2.75, 3.05) is 0 Å². The zero-order chi connectivity index (χ0) is 21.3. The predicted molar refractivity (Wildman–Crippen MR) is 135 cm³/mol. The molecule has 4 aromatic carbocycles. The summed E-state index contributed by atoms with van der Waals surface area (Å²) >= 11 is 0. The first kappa shape index (κ1) is 20.4. The average Bonchev–Trinajstić information content (AvgIpc) is 2.75. The fourth-order valence-electron chi connectivity index (χ4n) is 4.21. The first-order valence-corrected chi connectivity index (χ1v) is 11.2. The second-order valence-corrected chi connectivity index (χ2v) is 8.93. The van der Waals surface area contributed by atoms with Crippen molar-refractivity contribution < 1.29 is 0 Å². The van der Waals surface area contributed by atoms with Crippen LogP contribution in [-0.2, 0) is 0 Å². The van der Waals surface area contributed by atoms with E-state index in [9.17, 15) is 0 Å². The van der Waals surface area contributed by atoms with Crippen molar-refractivity contribution in [3.8, 4) is 0 Å². The Morgan fingerprint density at radius 2 is 1.50 bits per heavy atom. The van der Waals surface area contributed by atoms with Crippen LogP contribution in [0, 0.1) is 18.8 Å². The van der Waals surface area contributed by atoms with Gasteiger partial charge < -0.3 is 0 Å². The van der Waals surface area contributed by atoms with Gasteiger partial charge in [-0.15, -0.1) is 0 Å². The summed E-state index contributed by atoms with van der Waals surface area (Å²) in [6.07, 6.45) is 8.23. The van der Waals surface area contributed by atoms with Crippen LogP contribution in [0.1, 0.15) is 45.2 Å². The van der Waals surface area contributed by atoms with Crippen molar-refractivity contribution in [3.63, 3.8) is 0 Å². The summed E-state index contributed by atoms with van der Waals surface area (Å²) in [7, 11) is 0. The van der Waals surface area contributed by atoms with Gasteiger partial charge in [0.25, 0.3) is 0 Å². The zero-order valence-electron chi connectivity index (χ0n) is 18.9. The van der Waals surface area contributed by atoms with Crippen LogP contribution >= 0.6 is 0 Å². The van der Waals surface area contributed by atoms with E-state index >= 15 is 0 Å². The van der Waals surface area contributed by atoms with Crippen molar-refractivity contribution in [1.29, 1.82) is 0 Å². The van der Waals surface area contributed by atoms with Gasteiger partial charge >= 0.3 is 0 Å². The Morgan fingerprint density at radius 3 is 2.20 bits per heavy atom. The smallest absolute Gasteiger partial charge is 0.00988 e. The monoisotopic (exact) mass is 392 g/mol. The third-order valence-electron chi connectivity index (χ3n) is 6.31. The molecule has 0 aliphatic carbocycles. The molecule has 0 saturated heterocycles. The molecule has 0 heterocycles. The summed E-state index contributed by atoms with van der Waals surface area (Å²) in [5.41, 5.74) is 4.10. The highest BCUT2D eigenvalue weighted by Crippen LogP contribution is 2.34. The zero-order valence-corrected chi connectivity index (χ0v) is 18.9. The van der Waals surface area contributed by atoms with Crippen molar-refractivity contribution in [2.24, 2.45) is 11.8 Å². The normalized spacial score (nSPS) is 13.9. The molecule has 0 aromatic heterocycles. The molecule has 0 heteroatoms. The van der Waals surface area contributed by atoms with Gasteiger partial charge in [-0.3, -0.25) is 0 Å². The van der Waals surface area contributed by atoms with Crippen LogP contribution in [-0.4, -0.2) is 0 Å². The molecule has 0 aliphatic rings. The van der Waals surface area contributed by atoms with E-state index in [0.29, 0.717) is 11.8 Å². The first-order valence-electron chi connectivity index (χ1n) is 11.2. The molecule has 4 aromatic rings. The number of fused-ring (bicyclic) bond motifs is 4. The molecule has 152 valence electrons. The summed E-state index contributed by atoms with van der Waals surface area (Å²) < 4.78 is 0. The molecule has 4 rings (SSSR count). The SMILES string of the molecule is CCC(C)C(/C=C/C(C)C)=C\c1c(C)ccc2c1ccc1cc3ccccc3cc12. The number of rotatable bonds is 5. The van der Waals surface area contributed by atoms with Crippen LogP contribution in [0.5, 0.6) is 0 Å². The minimum absolute atomic E-state index is 0.541. The lowest BCUT2D eigenvalue weighted by Gasteiger charge is -2.15. The molecule has 0 bridgehead atoms. The predicted octanol–water partition coefficient (Wildman–Crippen LogP) is 9.10. The second-order valence-electron chi connectivity index (χ2n) is 8.93. The standard InChI is InChI=1S/C30H32/c1-6-21(4)23(13-11-20(2)3)18-29-22(5)12-15-28-27(29)16-14-26-17-24-9-7-8-10-25(24)19-30(26)28/h7-21H,6H2,1-5H3/b13-11+,23-18-. The van der Waals surface area contributed by atoms with Crippen LogP contribution < -0.4 is 0 Å². The highest BCUT2D eigenvalue weighted by atomic mass is 14.1. The fraction of sp³-hybridized carbons (Fsp3) is 0.267. The van der Waals surface area contributed by atoms with E-state index in [1.807, 2.05) is 0 Å². The van der Waals surface area contributed by atoms with Crippen LogP contribution in [0.15, 0.2) is 78.4 Å². The Hall–Kier alpha value is -2.86. The maximum absolute atomic E-state index is 2.43. The van der Waals surface area contributed by atoms with E-state index in [0.717, 1.165) is 6.42 Å². The lowest BCUT2D eigenvalue weighted by atomic mass is 9.90. The Kier molecular flexibility index (Phi) is 5.77. The van der Waals surface area contributed by atoms with E-state index in [4.69, 9.17) is 0 Å². The molecule has 0 aliphatic heterocycles. The molecular weight excluding hydrogens is 360 g/mol. The third kappa shape index (κ3) is 3.92. The molecule has 0 radical (unpaired) electrons. The van der Waals surface area contributed by atoms with E-state index in [1.165, 1.54) is 49.0 Å². The van der Waals surface area contributed by atoms with E-state index in [2.05, 4.69) is 114 Å². The van der Waals surface area contributed by atoms with Gasteiger partial charge in [0.2, 0.25) is 0 Å². The Labute approximate surface area is 180 Å². The van der Waals surface area contributed by atoms with Gasteiger partial charge in [-0.25, -0.2) is 0 Å². The van der Waals surface area contributed by atoms with Crippen molar-refractivity contribution >= 4 is 38.4 Å². The summed E-state index contributed by atoms with van der Waals surface area (Å²) in [5, 5.41) is 7.93. The maximum atomic E-state index is 2.43. The molecule has 0 fully saturated rings. The molecule has 1 unspecified atom stereocenters. The molecule has 0 spiro atoms. The molecule has 30 heavy (non-hydrogen) atoms. The lowest BCUT2D eigenvalue weighted by Crippen LogP contribution is -1.97. The van der Waals surface area contributed by atoms with Gasteiger partial charge in [-0.05, 0) is 86.3 Å². The van der Waals surface area contributed by atoms with Gasteiger partial charge in [0.05, 0.1) is 0 Å². The molecular formula is C30H32. The van der Waals surface area contributed by atoms with Crippen LogP contribution in [0.2, 0.25) is 0 Å². The highest BCUT2D eigenvalue weighted by molar-refractivity contribution is 6.14. The van der Waals surface area contributed by atoms with E-state index in [1.54, 1.807) is 0 Å². The number of benzene rings is 4. The third-order valence-corrected chi connectivity index (χ3v) is 6.31. The maximum Gasteiger partial charge on any atom is -0.00988 e. The van der Waals surface area contributed by atoms with Crippen LogP contribution in [0.3, 0.4) is 0 Å². The number of allylic oxidation sites excluding steroid dienone is 3. The van der Waals surface area contributed by atoms with Crippen molar-refractivity contribution in [2.45, 2.75) is 41.0 Å². The van der Waals surface area contributed by atoms with Gasteiger partial charge in [0.15, 0.2) is 0 Å². The van der Waals surface area contributed by atoms with Gasteiger partial charge in [-0.1, -0.05) is 94.5 Å². The Bertz CT molecular complexity index is 1270. The molecule has 1 atom stereocenters. The van der Waals surface area contributed by atoms with Gasteiger partial charge in [-0.2, -0.15) is 0 Å². The number of aryl methyl sites for hydroxylation is 1. The quantitative estimate of drug-likeness (QED) is 0.180. The van der Waals surface area contributed by atoms with Crippen molar-refractivity contribution in [3.05, 3.63) is 89.5 Å². The average molecular weight is 393 g/mol. The second kappa shape index (κ2) is 8.48. The highest BCUT2D eigenvalue weighted by Gasteiger charge is 2.10. The van der Waals surface area contributed by atoms with Crippen molar-refractivity contribution in [1.82, 2.24) is 0 Å². The van der Waals surface area contributed by atoms with E-state index in [-0.39, 0.29) is 0 Å². The van der Waals surface area contributed by atoms with E-state index < -0.39 is 0 Å². The Balaban J connectivity index is 1.98. The van der Waals surface area contributed by atoms with Crippen LogP contribution in [0.4, 0.5) is 0 Å². The Morgan fingerprint density at radius 1 is 0.800 bits per heavy atom. The molecule has 0 N–H and O–H groups in total. The van der Waals surface area contributed by atoms with Gasteiger partial charge in [0.1, 0.15) is 0 Å². The first-order chi connectivity index (χ1) is 14.5. The fourth-order valence-corrected chi connectivity index (χ4v) is 4.21. The summed E-state index contributed by atoms with van der Waals surface area (Å²) in [6, 6.07) is 22.5. The summed E-state index contributed by atoms with van der Waals surface area (Å²) in [4.78, 5) is 0. The number of hydrogen-bond acceptors (Lipinski definition) is 0. The van der Waals surface area contributed by atoms with Crippen LogP contribution in [0.25, 0.3) is 38.4 Å². The summed E-state index contributed by atoms with van der Waals surface area (Å²) in [6.45, 7) is 11.3. The lowest BCUT2D eigenvalue weighted by molar-refractivity contribution is 0.672. The number of hydrogen-bond donors (Lipinski definition) is 0. The minimum Gasteiger partial charge on any atom is -0.0817 e. The topological polar surface area (TPSA) is 0 Å². The molecule has 0 saturated carbocycles. The molecule has 0 nitrogen and oxygen atoms in total. The minimum atomic E-state index is 0.541. The largest absolute Gasteiger partial charge is 0.0817 e. The summed E-state index contributed by atoms with van der Waals surface area (Å²) in [5.74, 6) is 1.10.